The van der Waals surface area contributed by atoms with Crippen molar-refractivity contribution < 1.29 is 14.3 Å². The van der Waals surface area contributed by atoms with E-state index in [1.165, 1.54) is 10.4 Å². The maximum Gasteiger partial charge on any atom is 0.264 e. The fourth-order valence-corrected chi connectivity index (χ4v) is 4.57. The van der Waals surface area contributed by atoms with E-state index in [9.17, 15) is 4.79 Å². The molecule has 0 saturated carbocycles. The maximum absolute atomic E-state index is 12.8. The maximum atomic E-state index is 12.8. The number of carbonyl (C=O) groups is 1. The van der Waals surface area contributed by atoms with Crippen LogP contribution in [0.5, 0.6) is 11.5 Å². The van der Waals surface area contributed by atoms with Crippen LogP contribution in [-0.4, -0.2) is 56.1 Å². The van der Waals surface area contributed by atoms with Gasteiger partial charge in [0.15, 0.2) is 0 Å². The summed E-state index contributed by atoms with van der Waals surface area (Å²) in [6.45, 7) is 8.25. The van der Waals surface area contributed by atoms with Crippen molar-refractivity contribution in [2.75, 3.05) is 40.4 Å². The van der Waals surface area contributed by atoms with Gasteiger partial charge in [-0.2, -0.15) is 0 Å². The minimum Gasteiger partial charge on any atom is -0.497 e. The summed E-state index contributed by atoms with van der Waals surface area (Å²) in [7, 11) is 3.36. The number of carbonyl (C=O) groups excluding carboxylic acids is 1. The normalized spacial score (nSPS) is 15.0. The first-order chi connectivity index (χ1) is 13.0. The molecule has 5 nitrogen and oxygen atoms in total. The fraction of sp³-hybridized carbons (Fsp3) is 0.476. The van der Waals surface area contributed by atoms with Crippen LogP contribution in [0.4, 0.5) is 0 Å². The molecule has 0 radical (unpaired) electrons. The number of aryl methyl sites for hydroxylation is 2. The standard InChI is InChI=1S/C21H28N2O3S/c1-5-16-13-20(27-15(16)2)21(24)23-10-8-22(9-11-23)14-17-12-18(25-3)6-7-19(17)26-4/h6-7,12-13H,5,8-11,14H2,1-4H3. The Bertz CT molecular complexity index is 795. The molecule has 1 fully saturated rings. The lowest BCUT2D eigenvalue weighted by Gasteiger charge is -2.34. The lowest BCUT2D eigenvalue weighted by molar-refractivity contribution is 0.0632. The van der Waals surface area contributed by atoms with Crippen LogP contribution >= 0.6 is 11.3 Å². The largest absolute Gasteiger partial charge is 0.497 e. The molecule has 1 amide bonds. The Morgan fingerprint density at radius 2 is 1.81 bits per heavy atom. The van der Waals surface area contributed by atoms with Crippen LogP contribution < -0.4 is 9.47 Å². The fourth-order valence-electron chi connectivity index (χ4n) is 3.49. The highest BCUT2D eigenvalue weighted by Gasteiger charge is 2.24. The summed E-state index contributed by atoms with van der Waals surface area (Å²) in [5.74, 6) is 1.87. The summed E-state index contributed by atoms with van der Waals surface area (Å²) in [6.07, 6.45) is 0.978. The zero-order valence-electron chi connectivity index (χ0n) is 16.6. The summed E-state index contributed by atoms with van der Waals surface area (Å²) >= 11 is 1.62. The highest BCUT2D eigenvalue weighted by atomic mass is 32.1. The third kappa shape index (κ3) is 4.45. The average Bonchev–Trinajstić information content (AvgIpc) is 3.08. The molecule has 2 heterocycles. The first-order valence-electron chi connectivity index (χ1n) is 9.37. The summed E-state index contributed by atoms with van der Waals surface area (Å²) in [4.78, 5) is 19.3. The number of hydrogen-bond donors (Lipinski definition) is 0. The Hall–Kier alpha value is -2.05. The number of nitrogens with zero attached hydrogens (tertiary/aromatic N) is 2. The van der Waals surface area contributed by atoms with E-state index in [1.54, 1.807) is 25.6 Å². The van der Waals surface area contributed by atoms with Crippen molar-refractivity contribution in [1.82, 2.24) is 9.80 Å². The quantitative estimate of drug-likeness (QED) is 0.758. The number of rotatable bonds is 6. The lowest BCUT2D eigenvalue weighted by atomic mass is 10.1. The molecular formula is C21H28N2O3S. The topological polar surface area (TPSA) is 42.0 Å². The molecule has 0 N–H and O–H groups in total. The van der Waals surface area contributed by atoms with Crippen molar-refractivity contribution in [3.05, 3.63) is 45.1 Å². The summed E-state index contributed by atoms with van der Waals surface area (Å²) < 4.78 is 10.8. The first kappa shape index (κ1) is 19.7. The van der Waals surface area contributed by atoms with Crippen LogP contribution in [0.2, 0.25) is 0 Å². The molecule has 2 aromatic rings. The average molecular weight is 389 g/mol. The van der Waals surface area contributed by atoms with E-state index in [0.717, 1.165) is 61.1 Å². The molecule has 1 saturated heterocycles. The second-order valence-electron chi connectivity index (χ2n) is 6.79. The van der Waals surface area contributed by atoms with Gasteiger partial charge in [0.1, 0.15) is 11.5 Å². The van der Waals surface area contributed by atoms with Crippen molar-refractivity contribution >= 4 is 17.2 Å². The van der Waals surface area contributed by atoms with Crippen LogP contribution in [0.1, 0.15) is 32.6 Å². The molecule has 0 bridgehead atoms. The molecule has 1 aromatic heterocycles. The van der Waals surface area contributed by atoms with Crippen LogP contribution in [-0.2, 0) is 13.0 Å². The smallest absolute Gasteiger partial charge is 0.264 e. The Morgan fingerprint density at radius 1 is 1.07 bits per heavy atom. The summed E-state index contributed by atoms with van der Waals surface area (Å²) in [5, 5.41) is 0. The second-order valence-corrected chi connectivity index (χ2v) is 8.05. The number of thiophene rings is 1. The van der Waals surface area contributed by atoms with Crippen LogP contribution in [0.25, 0.3) is 0 Å². The summed E-state index contributed by atoms with van der Waals surface area (Å²) in [6, 6.07) is 7.94. The molecule has 3 rings (SSSR count). The Morgan fingerprint density at radius 3 is 2.41 bits per heavy atom. The highest BCUT2D eigenvalue weighted by molar-refractivity contribution is 7.14. The molecule has 0 atom stereocenters. The van der Waals surface area contributed by atoms with Gasteiger partial charge in [-0.1, -0.05) is 6.92 Å². The van der Waals surface area contributed by atoms with Gasteiger partial charge < -0.3 is 14.4 Å². The highest BCUT2D eigenvalue weighted by Crippen LogP contribution is 2.27. The van der Waals surface area contributed by atoms with Gasteiger partial charge in [0.2, 0.25) is 0 Å². The lowest BCUT2D eigenvalue weighted by Crippen LogP contribution is -2.48. The van der Waals surface area contributed by atoms with E-state index in [2.05, 4.69) is 24.8 Å². The monoisotopic (exact) mass is 388 g/mol. The molecule has 146 valence electrons. The number of benzene rings is 1. The molecule has 0 spiro atoms. The SMILES string of the molecule is CCc1cc(C(=O)N2CCN(Cc3cc(OC)ccc3OC)CC2)sc1C. The predicted molar refractivity (Wildman–Crippen MR) is 109 cm³/mol. The van der Waals surface area contributed by atoms with E-state index in [-0.39, 0.29) is 5.91 Å². The molecule has 1 aromatic carbocycles. The van der Waals surface area contributed by atoms with E-state index in [4.69, 9.17) is 9.47 Å². The van der Waals surface area contributed by atoms with E-state index >= 15 is 0 Å². The minimum atomic E-state index is 0.168. The number of methoxy groups -OCH3 is 2. The molecule has 0 aliphatic carbocycles. The summed E-state index contributed by atoms with van der Waals surface area (Å²) in [5.41, 5.74) is 2.39. The van der Waals surface area contributed by atoms with Crippen molar-refractivity contribution in [1.29, 1.82) is 0 Å². The van der Waals surface area contributed by atoms with Crippen molar-refractivity contribution in [2.45, 2.75) is 26.8 Å². The van der Waals surface area contributed by atoms with Gasteiger partial charge >= 0.3 is 0 Å². The molecule has 1 aliphatic rings. The van der Waals surface area contributed by atoms with E-state index in [1.807, 2.05) is 23.1 Å². The first-order valence-corrected chi connectivity index (χ1v) is 10.2. The van der Waals surface area contributed by atoms with Gasteiger partial charge in [0.05, 0.1) is 19.1 Å². The minimum absolute atomic E-state index is 0.168. The third-order valence-electron chi connectivity index (χ3n) is 5.15. The van der Waals surface area contributed by atoms with E-state index < -0.39 is 0 Å². The second kappa shape index (κ2) is 8.76. The molecule has 0 unspecified atom stereocenters. The van der Waals surface area contributed by atoms with Crippen molar-refractivity contribution in [2.24, 2.45) is 0 Å². The van der Waals surface area contributed by atoms with E-state index in [0.29, 0.717) is 0 Å². The van der Waals surface area contributed by atoms with Crippen LogP contribution in [0.15, 0.2) is 24.3 Å². The van der Waals surface area contributed by atoms with Crippen molar-refractivity contribution in [3.63, 3.8) is 0 Å². The Kier molecular flexibility index (Phi) is 6.39. The number of piperazine rings is 1. The Labute approximate surface area is 165 Å². The number of hydrogen-bond acceptors (Lipinski definition) is 5. The number of ether oxygens (including phenoxy) is 2. The molecule has 6 heteroatoms. The predicted octanol–water partition coefficient (Wildman–Crippen LogP) is 3.59. The number of amides is 1. The third-order valence-corrected chi connectivity index (χ3v) is 6.23. The van der Waals surface area contributed by atoms with Crippen molar-refractivity contribution in [3.8, 4) is 11.5 Å². The van der Waals surface area contributed by atoms with Crippen LogP contribution in [0.3, 0.4) is 0 Å². The van der Waals surface area contributed by atoms with Gasteiger partial charge in [-0.3, -0.25) is 9.69 Å². The van der Waals surface area contributed by atoms with Gasteiger partial charge in [-0.05, 0) is 43.2 Å². The molecule has 1 aliphatic heterocycles. The molecule has 27 heavy (non-hydrogen) atoms. The zero-order chi connectivity index (χ0) is 19.4. The molecular weight excluding hydrogens is 360 g/mol. The van der Waals surface area contributed by atoms with Crippen LogP contribution in [0, 0.1) is 6.92 Å². The zero-order valence-corrected chi connectivity index (χ0v) is 17.4. The van der Waals surface area contributed by atoms with Gasteiger partial charge in [-0.15, -0.1) is 11.3 Å². The van der Waals surface area contributed by atoms with Gasteiger partial charge in [0, 0.05) is 43.2 Å². The Balaban J connectivity index is 1.61. The van der Waals surface area contributed by atoms with Gasteiger partial charge in [0.25, 0.3) is 5.91 Å². The van der Waals surface area contributed by atoms with Gasteiger partial charge in [-0.25, -0.2) is 0 Å².